The van der Waals surface area contributed by atoms with Gasteiger partial charge >= 0.3 is 0 Å². The number of nitrogens with one attached hydrogen (secondary N) is 1. The molecule has 0 fully saturated rings. The van der Waals surface area contributed by atoms with E-state index in [2.05, 4.69) is 21.2 Å². The van der Waals surface area contributed by atoms with Gasteiger partial charge in [-0.25, -0.2) is 8.42 Å². The molecule has 3 aromatic carbocycles. The summed E-state index contributed by atoms with van der Waals surface area (Å²) in [6.45, 7) is 7.84. The van der Waals surface area contributed by atoms with Crippen LogP contribution in [0, 0.1) is 5.92 Å². The first-order valence-corrected chi connectivity index (χ1v) is 16.4. The first kappa shape index (κ1) is 34.7. The van der Waals surface area contributed by atoms with E-state index in [1.165, 1.54) is 37.3 Å². The van der Waals surface area contributed by atoms with Gasteiger partial charge in [-0.15, -0.1) is 0 Å². The van der Waals surface area contributed by atoms with Crippen molar-refractivity contribution in [2.45, 2.75) is 45.2 Å². The number of methoxy groups -OCH3 is 2. The highest BCUT2D eigenvalue weighted by atomic mass is 79.9. The van der Waals surface area contributed by atoms with Crippen LogP contribution in [0.15, 0.2) is 76.1 Å². The number of sulfonamides is 1. The molecule has 0 spiro atoms. The summed E-state index contributed by atoms with van der Waals surface area (Å²) in [4.78, 5) is 28.6. The molecule has 0 heterocycles. The Balaban J connectivity index is 2.06. The minimum Gasteiger partial charge on any atom is -0.494 e. The summed E-state index contributed by atoms with van der Waals surface area (Å²) in [5.41, 5.74) is 1.03. The molecule has 3 rings (SSSR count). The van der Waals surface area contributed by atoms with E-state index in [1.807, 2.05) is 45.0 Å². The lowest BCUT2D eigenvalue weighted by molar-refractivity contribution is -0.139. The van der Waals surface area contributed by atoms with Crippen molar-refractivity contribution in [1.82, 2.24) is 10.2 Å². The topological polar surface area (TPSA) is 114 Å². The third-order valence-electron chi connectivity index (χ3n) is 6.78. The van der Waals surface area contributed by atoms with Gasteiger partial charge in [0, 0.05) is 23.6 Å². The van der Waals surface area contributed by atoms with E-state index < -0.39 is 28.5 Å². The fourth-order valence-electron chi connectivity index (χ4n) is 4.33. The fourth-order valence-corrected chi connectivity index (χ4v) is 6.02. The minimum absolute atomic E-state index is 0.0932. The number of hydrogen-bond acceptors (Lipinski definition) is 7. The Labute approximate surface area is 268 Å². The molecule has 1 unspecified atom stereocenters. The first-order chi connectivity index (χ1) is 20.9. The lowest BCUT2D eigenvalue weighted by Crippen LogP contribution is -2.51. The van der Waals surface area contributed by atoms with Crippen molar-refractivity contribution in [2.75, 3.05) is 38.2 Å². The molecule has 2 amide bonds. The number of anilines is 1. The zero-order valence-electron chi connectivity index (χ0n) is 25.9. The highest BCUT2D eigenvalue weighted by Crippen LogP contribution is 2.33. The van der Waals surface area contributed by atoms with Crippen LogP contribution in [0.25, 0.3) is 0 Å². The maximum absolute atomic E-state index is 14.2. The van der Waals surface area contributed by atoms with Crippen molar-refractivity contribution in [3.8, 4) is 17.2 Å². The third-order valence-corrected chi connectivity index (χ3v) is 9.07. The van der Waals surface area contributed by atoms with Gasteiger partial charge in [-0.05, 0) is 73.9 Å². The second kappa shape index (κ2) is 15.8. The van der Waals surface area contributed by atoms with E-state index in [-0.39, 0.29) is 34.7 Å². The normalized spacial score (nSPS) is 11.9. The summed E-state index contributed by atoms with van der Waals surface area (Å²) in [6.07, 6.45) is 0. The number of hydrogen-bond donors (Lipinski definition) is 1. The average Bonchev–Trinajstić information content (AvgIpc) is 3.01. The highest BCUT2D eigenvalue weighted by molar-refractivity contribution is 9.10. The zero-order chi connectivity index (χ0) is 32.4. The standard InChI is InChI=1S/C32H40BrN3O7S/c1-7-43-27-14-12-26(13-15-27)36(44(39,40)28-16-17-29(41-5)30(18-28)42-6)21-31(37)35(20-24-8-10-25(33)11-9-24)23(4)32(38)34-19-22(2)3/h8-18,22-23H,7,19-21H2,1-6H3,(H,34,38). The average molecular weight is 691 g/mol. The van der Waals surface area contributed by atoms with Crippen LogP contribution in [0.3, 0.4) is 0 Å². The van der Waals surface area contributed by atoms with Gasteiger partial charge in [-0.2, -0.15) is 0 Å². The minimum atomic E-state index is -4.31. The number of carbonyl (C=O) groups is 2. The predicted octanol–water partition coefficient (Wildman–Crippen LogP) is 5.25. The van der Waals surface area contributed by atoms with Gasteiger partial charge in [0.05, 0.1) is 31.4 Å². The summed E-state index contributed by atoms with van der Waals surface area (Å²) in [5.74, 6) is 0.454. The van der Waals surface area contributed by atoms with Crippen LogP contribution in [0.4, 0.5) is 5.69 Å². The lowest BCUT2D eigenvalue weighted by atomic mass is 10.1. The van der Waals surface area contributed by atoms with Gasteiger partial charge in [0.25, 0.3) is 10.0 Å². The van der Waals surface area contributed by atoms with Crippen LogP contribution in [-0.2, 0) is 26.2 Å². The van der Waals surface area contributed by atoms with Crippen LogP contribution in [0.1, 0.15) is 33.3 Å². The molecular weight excluding hydrogens is 650 g/mol. The van der Waals surface area contributed by atoms with Gasteiger partial charge in [0.1, 0.15) is 18.3 Å². The van der Waals surface area contributed by atoms with Crippen molar-refractivity contribution in [1.29, 1.82) is 0 Å². The van der Waals surface area contributed by atoms with E-state index in [0.29, 0.717) is 24.7 Å². The molecule has 0 radical (unpaired) electrons. The van der Waals surface area contributed by atoms with Crippen LogP contribution in [-0.4, -0.2) is 65.1 Å². The van der Waals surface area contributed by atoms with E-state index >= 15 is 0 Å². The second-order valence-corrected chi connectivity index (χ2v) is 13.2. The maximum Gasteiger partial charge on any atom is 0.264 e. The zero-order valence-corrected chi connectivity index (χ0v) is 28.3. The van der Waals surface area contributed by atoms with Gasteiger partial charge in [-0.1, -0.05) is 41.9 Å². The highest BCUT2D eigenvalue weighted by Gasteiger charge is 2.33. The fraction of sp³-hybridized carbons (Fsp3) is 0.375. The maximum atomic E-state index is 14.2. The summed E-state index contributed by atoms with van der Waals surface area (Å²) >= 11 is 3.42. The van der Waals surface area contributed by atoms with Crippen LogP contribution < -0.4 is 23.8 Å². The lowest BCUT2D eigenvalue weighted by Gasteiger charge is -2.32. The molecule has 0 saturated carbocycles. The number of halogens is 1. The molecule has 1 N–H and O–H groups in total. The Kier molecular flexibility index (Phi) is 12.5. The van der Waals surface area contributed by atoms with Crippen molar-refractivity contribution >= 4 is 43.5 Å². The number of carbonyl (C=O) groups excluding carboxylic acids is 2. The molecule has 10 nitrogen and oxygen atoms in total. The summed E-state index contributed by atoms with van der Waals surface area (Å²) in [5, 5.41) is 2.88. The van der Waals surface area contributed by atoms with Crippen LogP contribution in [0.5, 0.6) is 17.2 Å². The Hall–Kier alpha value is -3.77. The largest absolute Gasteiger partial charge is 0.494 e. The number of amides is 2. The predicted molar refractivity (Wildman–Crippen MR) is 174 cm³/mol. The Morgan fingerprint density at radius 3 is 2.11 bits per heavy atom. The molecule has 0 aliphatic carbocycles. The van der Waals surface area contributed by atoms with E-state index in [1.54, 1.807) is 31.2 Å². The number of rotatable bonds is 15. The molecule has 0 saturated heterocycles. The van der Waals surface area contributed by atoms with Crippen LogP contribution >= 0.6 is 15.9 Å². The monoisotopic (exact) mass is 689 g/mol. The molecule has 0 bridgehead atoms. The number of benzene rings is 3. The Morgan fingerprint density at radius 2 is 1.55 bits per heavy atom. The SMILES string of the molecule is CCOc1ccc(N(CC(=O)N(Cc2ccc(Br)cc2)C(C)C(=O)NCC(C)C)S(=O)(=O)c2ccc(OC)c(OC)c2)cc1. The summed E-state index contributed by atoms with van der Waals surface area (Å²) in [7, 11) is -1.44. The smallest absolute Gasteiger partial charge is 0.264 e. The first-order valence-electron chi connectivity index (χ1n) is 14.2. The molecule has 12 heteroatoms. The Bertz CT molecular complexity index is 1510. The third kappa shape index (κ3) is 8.88. The molecule has 238 valence electrons. The number of ether oxygens (including phenoxy) is 3. The Morgan fingerprint density at radius 1 is 0.909 bits per heavy atom. The summed E-state index contributed by atoms with van der Waals surface area (Å²) in [6, 6.07) is 17.2. The second-order valence-electron chi connectivity index (χ2n) is 10.4. The molecule has 3 aromatic rings. The van der Waals surface area contributed by atoms with Gasteiger partial charge < -0.3 is 24.4 Å². The molecule has 44 heavy (non-hydrogen) atoms. The van der Waals surface area contributed by atoms with Crippen molar-refractivity contribution in [3.05, 3.63) is 76.8 Å². The quantitative estimate of drug-likeness (QED) is 0.232. The van der Waals surface area contributed by atoms with Gasteiger partial charge in [0.2, 0.25) is 11.8 Å². The molecule has 0 aromatic heterocycles. The van der Waals surface area contributed by atoms with Crippen molar-refractivity contribution in [2.24, 2.45) is 5.92 Å². The van der Waals surface area contributed by atoms with E-state index in [0.717, 1.165) is 14.3 Å². The van der Waals surface area contributed by atoms with Crippen molar-refractivity contribution in [3.63, 3.8) is 0 Å². The van der Waals surface area contributed by atoms with Gasteiger partial charge in [-0.3, -0.25) is 13.9 Å². The van der Waals surface area contributed by atoms with E-state index in [9.17, 15) is 18.0 Å². The van der Waals surface area contributed by atoms with Gasteiger partial charge in [0.15, 0.2) is 11.5 Å². The van der Waals surface area contributed by atoms with Crippen molar-refractivity contribution < 1.29 is 32.2 Å². The van der Waals surface area contributed by atoms with E-state index in [4.69, 9.17) is 14.2 Å². The molecular formula is C32H40BrN3O7S. The molecule has 0 aliphatic rings. The van der Waals surface area contributed by atoms with Crippen LogP contribution in [0.2, 0.25) is 0 Å². The molecule has 0 aliphatic heterocycles. The summed E-state index contributed by atoms with van der Waals surface area (Å²) < 4.78 is 46.4. The number of nitrogens with zero attached hydrogens (tertiary/aromatic N) is 2. The molecule has 1 atom stereocenters.